The van der Waals surface area contributed by atoms with E-state index in [-0.39, 0.29) is 12.5 Å². The summed E-state index contributed by atoms with van der Waals surface area (Å²) in [6.45, 7) is -0.0839. The third-order valence-electron chi connectivity index (χ3n) is 4.36. The number of halogens is 1. The van der Waals surface area contributed by atoms with E-state index in [0.29, 0.717) is 10.7 Å². The number of amides is 2. The Labute approximate surface area is 134 Å². The normalized spacial score (nSPS) is 20.3. The van der Waals surface area contributed by atoms with E-state index in [2.05, 4.69) is 0 Å². The number of primary amides is 1. The fourth-order valence-electron chi connectivity index (χ4n) is 3.30. The first kappa shape index (κ1) is 15.0. The molecule has 1 saturated carbocycles. The van der Waals surface area contributed by atoms with Gasteiger partial charge < -0.3 is 10.6 Å². The first-order valence-corrected chi connectivity index (χ1v) is 7.86. The molecule has 116 valence electrons. The zero-order valence-corrected chi connectivity index (χ0v) is 13.0. The first-order valence-electron chi connectivity index (χ1n) is 7.48. The second-order valence-corrected chi connectivity index (χ2v) is 6.30. The Bertz CT molecular complexity index is 633. The Kier molecular flexibility index (Phi) is 3.91. The average Bonchev–Trinajstić information content (AvgIpc) is 2.74. The van der Waals surface area contributed by atoms with Crippen molar-refractivity contribution in [2.75, 3.05) is 6.54 Å². The maximum Gasteiger partial charge on any atom is 0.275 e. The third kappa shape index (κ3) is 2.61. The summed E-state index contributed by atoms with van der Waals surface area (Å²) in [5.74, 6) is -0.728. The Morgan fingerprint density at radius 1 is 1.23 bits per heavy atom. The van der Waals surface area contributed by atoms with Crippen LogP contribution in [-0.2, 0) is 9.59 Å². The summed E-state index contributed by atoms with van der Waals surface area (Å²) in [5, 5.41) is 0.608. The predicted molar refractivity (Wildman–Crippen MR) is 84.7 cm³/mol. The van der Waals surface area contributed by atoms with E-state index >= 15 is 0 Å². The van der Waals surface area contributed by atoms with Gasteiger partial charge >= 0.3 is 0 Å². The van der Waals surface area contributed by atoms with Crippen molar-refractivity contribution >= 4 is 29.1 Å². The van der Waals surface area contributed by atoms with Crippen molar-refractivity contribution in [3.8, 4) is 0 Å². The van der Waals surface area contributed by atoms with Crippen LogP contribution in [0, 0.1) is 0 Å². The maximum absolute atomic E-state index is 12.8. The highest BCUT2D eigenvalue weighted by Crippen LogP contribution is 2.39. The molecule has 6 heteroatoms. The molecule has 5 nitrogen and oxygen atoms in total. The molecule has 0 bridgehead atoms. The van der Waals surface area contributed by atoms with Gasteiger partial charge in [-0.1, -0.05) is 30.2 Å². The lowest BCUT2D eigenvalue weighted by atomic mass is 9.88. The topological polar surface area (TPSA) is 75.8 Å². The number of carbonyl (C=O) groups excluding carboxylic acids is 2. The minimum atomic E-state index is -0.598. The Balaban J connectivity index is 1.99. The molecule has 0 saturated heterocycles. The van der Waals surface area contributed by atoms with Crippen molar-refractivity contribution in [1.29, 1.82) is 0 Å². The first-order chi connectivity index (χ1) is 10.5. The monoisotopic (exact) mass is 319 g/mol. The third-order valence-corrected chi connectivity index (χ3v) is 4.61. The summed E-state index contributed by atoms with van der Waals surface area (Å²) in [5.41, 5.74) is 5.86. The van der Waals surface area contributed by atoms with Crippen LogP contribution < -0.4 is 5.73 Å². The summed E-state index contributed by atoms with van der Waals surface area (Å²) >= 11 is 5.90. The van der Waals surface area contributed by atoms with Gasteiger partial charge in [0, 0.05) is 10.6 Å². The van der Waals surface area contributed by atoms with Crippen molar-refractivity contribution in [3.63, 3.8) is 0 Å². The molecule has 1 aromatic rings. The van der Waals surface area contributed by atoms with Crippen LogP contribution in [0.4, 0.5) is 0 Å². The smallest absolute Gasteiger partial charge is 0.275 e. The second-order valence-electron chi connectivity index (χ2n) is 5.87. The molecular weight excluding hydrogens is 302 g/mol. The van der Waals surface area contributed by atoms with Gasteiger partial charge in [-0.3, -0.25) is 14.6 Å². The number of benzene rings is 1. The summed E-state index contributed by atoms with van der Waals surface area (Å²) < 4.78 is 0. The summed E-state index contributed by atoms with van der Waals surface area (Å²) in [6.07, 6.45) is 4.69. The Hall–Kier alpha value is -1.88. The van der Waals surface area contributed by atoms with Gasteiger partial charge in [0.15, 0.2) is 0 Å². The molecule has 0 aromatic heterocycles. The van der Waals surface area contributed by atoms with Gasteiger partial charge in [-0.25, -0.2) is 0 Å². The van der Waals surface area contributed by atoms with E-state index in [1.54, 1.807) is 29.2 Å². The molecule has 2 aliphatic rings. The fourth-order valence-corrected chi connectivity index (χ4v) is 3.43. The number of nitrogens with two attached hydrogens (primary N) is 1. The van der Waals surface area contributed by atoms with Crippen molar-refractivity contribution in [2.24, 2.45) is 10.7 Å². The molecule has 0 unspecified atom stereocenters. The van der Waals surface area contributed by atoms with E-state index in [1.807, 2.05) is 0 Å². The zero-order chi connectivity index (χ0) is 15.7. The summed E-state index contributed by atoms with van der Waals surface area (Å²) in [6, 6.07) is 7.03. The highest BCUT2D eigenvalue weighted by molar-refractivity contribution is 6.47. The number of nitrogens with zero attached hydrogens (tertiary/aromatic N) is 2. The largest absolute Gasteiger partial charge is 0.368 e. The zero-order valence-electron chi connectivity index (χ0n) is 12.2. The molecule has 0 radical (unpaired) electrons. The Morgan fingerprint density at radius 3 is 2.45 bits per heavy atom. The van der Waals surface area contributed by atoms with E-state index < -0.39 is 11.6 Å². The van der Waals surface area contributed by atoms with Crippen LogP contribution >= 0.6 is 11.6 Å². The van der Waals surface area contributed by atoms with Crippen LogP contribution in [-0.4, -0.2) is 34.6 Å². The van der Waals surface area contributed by atoms with Crippen LogP contribution in [0.15, 0.2) is 29.3 Å². The lowest BCUT2D eigenvalue weighted by Gasteiger charge is -2.38. The van der Waals surface area contributed by atoms with Crippen molar-refractivity contribution in [2.45, 2.75) is 37.8 Å². The number of carbonyl (C=O) groups is 2. The van der Waals surface area contributed by atoms with E-state index in [9.17, 15) is 9.59 Å². The molecule has 2 N–H and O–H groups in total. The number of hydrogen-bond donors (Lipinski definition) is 1. The number of hydrogen-bond acceptors (Lipinski definition) is 3. The van der Waals surface area contributed by atoms with Gasteiger partial charge in [0.1, 0.15) is 17.9 Å². The van der Waals surface area contributed by atoms with Gasteiger partial charge in [0.25, 0.3) is 5.91 Å². The Morgan fingerprint density at radius 2 is 1.86 bits per heavy atom. The predicted octanol–water partition coefficient (Wildman–Crippen LogP) is 2.12. The van der Waals surface area contributed by atoms with E-state index in [0.717, 1.165) is 37.7 Å². The molecule has 0 atom stereocenters. The van der Waals surface area contributed by atoms with Crippen LogP contribution in [0.25, 0.3) is 0 Å². The van der Waals surface area contributed by atoms with E-state index in [1.165, 1.54) is 0 Å². The maximum atomic E-state index is 12.8. The van der Waals surface area contributed by atoms with Gasteiger partial charge in [-0.05, 0) is 37.8 Å². The van der Waals surface area contributed by atoms with Crippen molar-refractivity contribution in [3.05, 3.63) is 34.9 Å². The fraction of sp³-hybridized carbons (Fsp3) is 0.438. The van der Waals surface area contributed by atoms with Gasteiger partial charge in [-0.2, -0.15) is 0 Å². The van der Waals surface area contributed by atoms with Gasteiger partial charge in [-0.15, -0.1) is 0 Å². The molecule has 3 rings (SSSR count). The van der Waals surface area contributed by atoms with Crippen LogP contribution in [0.3, 0.4) is 0 Å². The molecule has 1 aliphatic carbocycles. The molecule has 1 heterocycles. The molecule has 22 heavy (non-hydrogen) atoms. The molecular formula is C16H18ClN3O2. The minimum absolute atomic E-state index is 0.0839. The lowest BCUT2D eigenvalue weighted by Crippen LogP contribution is -2.51. The summed E-state index contributed by atoms with van der Waals surface area (Å²) in [4.78, 5) is 30.4. The van der Waals surface area contributed by atoms with E-state index in [4.69, 9.17) is 22.3 Å². The SMILES string of the molecule is NC(=O)CN1C(=O)C(c2ccc(Cl)cc2)=NC12CCCCC2. The number of rotatable bonds is 3. The molecule has 2 amide bonds. The van der Waals surface area contributed by atoms with Crippen LogP contribution in [0.1, 0.15) is 37.7 Å². The quantitative estimate of drug-likeness (QED) is 0.926. The second kappa shape index (κ2) is 5.72. The summed E-state index contributed by atoms with van der Waals surface area (Å²) in [7, 11) is 0. The lowest BCUT2D eigenvalue weighted by molar-refractivity contribution is -0.134. The van der Waals surface area contributed by atoms with Crippen molar-refractivity contribution in [1.82, 2.24) is 4.90 Å². The van der Waals surface area contributed by atoms with Crippen LogP contribution in [0.5, 0.6) is 0 Å². The standard InChI is InChI=1S/C16H18ClN3O2/c17-12-6-4-11(5-7-12)14-15(22)20(10-13(18)21)16(19-14)8-2-1-3-9-16/h4-7H,1-3,8-10H2,(H2,18,21). The number of aliphatic imine (C=N–C) groups is 1. The van der Waals surface area contributed by atoms with Gasteiger partial charge in [0.05, 0.1) is 0 Å². The highest BCUT2D eigenvalue weighted by Gasteiger charge is 2.47. The molecule has 1 fully saturated rings. The molecule has 1 spiro atoms. The molecule has 1 aromatic carbocycles. The van der Waals surface area contributed by atoms with Crippen molar-refractivity contribution < 1.29 is 9.59 Å². The highest BCUT2D eigenvalue weighted by atomic mass is 35.5. The van der Waals surface area contributed by atoms with Gasteiger partial charge in [0.2, 0.25) is 5.91 Å². The van der Waals surface area contributed by atoms with Crippen LogP contribution in [0.2, 0.25) is 5.02 Å². The minimum Gasteiger partial charge on any atom is -0.368 e. The average molecular weight is 320 g/mol. The molecule has 1 aliphatic heterocycles.